The summed E-state index contributed by atoms with van der Waals surface area (Å²) in [5, 5.41) is 9.75. The number of rotatable bonds is 5. The van der Waals surface area contributed by atoms with Crippen molar-refractivity contribution < 1.29 is 5.11 Å². The van der Waals surface area contributed by atoms with Crippen molar-refractivity contribution in [3.63, 3.8) is 0 Å². The SMILES string of the molecule is CC[C@@H](O)c1ccc(N(C)Cc2ccccc2Br)cn1. The van der Waals surface area contributed by atoms with Gasteiger partial charge in [-0.2, -0.15) is 0 Å². The third-order valence-electron chi connectivity index (χ3n) is 3.30. The molecule has 0 unspecified atom stereocenters. The van der Waals surface area contributed by atoms with Crippen LogP contribution in [0.15, 0.2) is 47.1 Å². The van der Waals surface area contributed by atoms with Crippen LogP contribution in [0.3, 0.4) is 0 Å². The maximum absolute atomic E-state index is 9.75. The number of aliphatic hydroxyl groups excluding tert-OH is 1. The molecule has 0 amide bonds. The van der Waals surface area contributed by atoms with E-state index in [2.05, 4.69) is 31.9 Å². The van der Waals surface area contributed by atoms with E-state index in [1.54, 1.807) is 0 Å². The molecule has 0 bridgehead atoms. The van der Waals surface area contributed by atoms with Crippen molar-refractivity contribution in [3.8, 4) is 0 Å². The monoisotopic (exact) mass is 334 g/mol. The van der Waals surface area contributed by atoms with Crippen LogP contribution in [0, 0.1) is 0 Å². The molecule has 20 heavy (non-hydrogen) atoms. The molecule has 1 atom stereocenters. The van der Waals surface area contributed by atoms with E-state index >= 15 is 0 Å². The number of hydrogen-bond donors (Lipinski definition) is 1. The first kappa shape index (κ1) is 15.0. The second kappa shape index (κ2) is 6.86. The van der Waals surface area contributed by atoms with E-state index in [9.17, 15) is 5.11 Å². The summed E-state index contributed by atoms with van der Waals surface area (Å²) < 4.78 is 1.11. The summed E-state index contributed by atoms with van der Waals surface area (Å²) in [6.45, 7) is 2.75. The maximum Gasteiger partial charge on any atom is 0.0957 e. The fraction of sp³-hybridized carbons (Fsp3) is 0.312. The quantitative estimate of drug-likeness (QED) is 0.900. The van der Waals surface area contributed by atoms with Gasteiger partial charge in [0.25, 0.3) is 0 Å². The van der Waals surface area contributed by atoms with Crippen molar-refractivity contribution in [3.05, 3.63) is 58.3 Å². The highest BCUT2D eigenvalue weighted by molar-refractivity contribution is 9.10. The van der Waals surface area contributed by atoms with Gasteiger partial charge in [0, 0.05) is 18.1 Å². The highest BCUT2D eigenvalue weighted by Gasteiger charge is 2.08. The first-order chi connectivity index (χ1) is 9.61. The van der Waals surface area contributed by atoms with E-state index in [4.69, 9.17) is 0 Å². The summed E-state index contributed by atoms with van der Waals surface area (Å²) in [4.78, 5) is 6.47. The number of hydrogen-bond acceptors (Lipinski definition) is 3. The van der Waals surface area contributed by atoms with Crippen molar-refractivity contribution in [2.45, 2.75) is 26.0 Å². The van der Waals surface area contributed by atoms with Crippen LogP contribution >= 0.6 is 15.9 Å². The van der Waals surface area contributed by atoms with Gasteiger partial charge in [0.15, 0.2) is 0 Å². The van der Waals surface area contributed by atoms with Crippen LogP contribution in [0.1, 0.15) is 30.7 Å². The van der Waals surface area contributed by atoms with Gasteiger partial charge in [-0.1, -0.05) is 41.1 Å². The van der Waals surface area contributed by atoms with Gasteiger partial charge in [-0.3, -0.25) is 4.98 Å². The molecule has 2 rings (SSSR count). The molecule has 4 heteroatoms. The lowest BCUT2D eigenvalue weighted by Crippen LogP contribution is -2.17. The molecule has 1 heterocycles. The van der Waals surface area contributed by atoms with Gasteiger partial charge >= 0.3 is 0 Å². The summed E-state index contributed by atoms with van der Waals surface area (Å²) in [5.41, 5.74) is 2.99. The number of halogens is 1. The normalized spacial score (nSPS) is 12.2. The van der Waals surface area contributed by atoms with Gasteiger partial charge in [-0.25, -0.2) is 0 Å². The summed E-state index contributed by atoms with van der Waals surface area (Å²) in [6, 6.07) is 12.1. The number of aromatic nitrogens is 1. The molecular formula is C16H19BrN2O. The van der Waals surface area contributed by atoms with Crippen LogP contribution in [-0.2, 0) is 6.54 Å². The first-order valence-electron chi connectivity index (χ1n) is 6.70. The molecule has 1 N–H and O–H groups in total. The van der Waals surface area contributed by atoms with Crippen molar-refractivity contribution >= 4 is 21.6 Å². The predicted octanol–water partition coefficient (Wildman–Crippen LogP) is 3.92. The Labute approximate surface area is 128 Å². The van der Waals surface area contributed by atoms with E-state index in [-0.39, 0.29) is 0 Å². The van der Waals surface area contributed by atoms with Crippen molar-refractivity contribution in [1.29, 1.82) is 0 Å². The number of aliphatic hydroxyl groups is 1. The Morgan fingerprint density at radius 3 is 2.60 bits per heavy atom. The average Bonchev–Trinajstić information content (AvgIpc) is 2.49. The average molecular weight is 335 g/mol. The fourth-order valence-electron chi connectivity index (χ4n) is 2.00. The number of anilines is 1. The molecule has 0 saturated heterocycles. The molecule has 106 valence electrons. The fourth-order valence-corrected chi connectivity index (χ4v) is 2.41. The molecule has 0 aliphatic rings. The highest BCUT2D eigenvalue weighted by atomic mass is 79.9. The zero-order valence-corrected chi connectivity index (χ0v) is 13.3. The number of nitrogens with zero attached hydrogens (tertiary/aromatic N) is 2. The topological polar surface area (TPSA) is 36.4 Å². The van der Waals surface area contributed by atoms with E-state index in [1.165, 1.54) is 5.56 Å². The minimum Gasteiger partial charge on any atom is -0.387 e. The summed E-state index contributed by atoms with van der Waals surface area (Å²) in [6.07, 6.45) is 2.02. The lowest BCUT2D eigenvalue weighted by Gasteiger charge is -2.20. The van der Waals surface area contributed by atoms with Crippen LogP contribution in [0.4, 0.5) is 5.69 Å². The Morgan fingerprint density at radius 2 is 2.00 bits per heavy atom. The van der Waals surface area contributed by atoms with Crippen LogP contribution < -0.4 is 4.90 Å². The molecule has 0 aliphatic heterocycles. The molecular weight excluding hydrogens is 316 g/mol. The van der Waals surface area contributed by atoms with Gasteiger partial charge in [0.2, 0.25) is 0 Å². The molecule has 0 spiro atoms. The lowest BCUT2D eigenvalue weighted by molar-refractivity contribution is 0.169. The number of pyridine rings is 1. The summed E-state index contributed by atoms with van der Waals surface area (Å²) >= 11 is 3.56. The third-order valence-corrected chi connectivity index (χ3v) is 4.08. The Hall–Kier alpha value is -1.39. The van der Waals surface area contributed by atoms with Crippen molar-refractivity contribution in [2.24, 2.45) is 0 Å². The van der Waals surface area contributed by atoms with Gasteiger partial charge < -0.3 is 10.0 Å². The van der Waals surface area contributed by atoms with Gasteiger partial charge in [0.1, 0.15) is 0 Å². The molecule has 0 saturated carbocycles. The molecule has 0 fully saturated rings. The second-order valence-corrected chi connectivity index (χ2v) is 5.67. The Bertz CT molecular complexity index is 557. The summed E-state index contributed by atoms with van der Waals surface area (Å²) in [7, 11) is 2.03. The standard InChI is InChI=1S/C16H19BrN2O/c1-3-16(20)15-9-8-13(10-18-15)19(2)11-12-6-4-5-7-14(12)17/h4-10,16,20H,3,11H2,1-2H3/t16-/m1/s1. The first-order valence-corrected chi connectivity index (χ1v) is 7.49. The van der Waals surface area contributed by atoms with Gasteiger partial charge in [0.05, 0.1) is 23.7 Å². The van der Waals surface area contributed by atoms with Crippen LogP contribution in [0.5, 0.6) is 0 Å². The molecule has 2 aromatic rings. The van der Waals surface area contributed by atoms with E-state index in [0.29, 0.717) is 6.42 Å². The van der Waals surface area contributed by atoms with E-state index in [1.807, 2.05) is 50.5 Å². The zero-order chi connectivity index (χ0) is 14.5. The van der Waals surface area contributed by atoms with Gasteiger partial charge in [-0.15, -0.1) is 0 Å². The van der Waals surface area contributed by atoms with Gasteiger partial charge in [-0.05, 0) is 30.2 Å². The maximum atomic E-state index is 9.75. The Kier molecular flexibility index (Phi) is 5.15. The van der Waals surface area contributed by atoms with Crippen molar-refractivity contribution in [2.75, 3.05) is 11.9 Å². The molecule has 1 aromatic heterocycles. The molecule has 0 radical (unpaired) electrons. The lowest BCUT2D eigenvalue weighted by atomic mass is 10.1. The van der Waals surface area contributed by atoms with Crippen LogP contribution in [0.25, 0.3) is 0 Å². The highest BCUT2D eigenvalue weighted by Crippen LogP contribution is 2.22. The second-order valence-electron chi connectivity index (χ2n) is 4.81. The van der Waals surface area contributed by atoms with E-state index in [0.717, 1.165) is 22.4 Å². The molecule has 1 aromatic carbocycles. The largest absolute Gasteiger partial charge is 0.387 e. The predicted molar refractivity (Wildman–Crippen MR) is 85.7 cm³/mol. The van der Waals surface area contributed by atoms with Crippen LogP contribution in [-0.4, -0.2) is 17.1 Å². The van der Waals surface area contributed by atoms with Crippen molar-refractivity contribution in [1.82, 2.24) is 4.98 Å². The molecule has 0 aliphatic carbocycles. The van der Waals surface area contributed by atoms with E-state index < -0.39 is 6.10 Å². The Morgan fingerprint density at radius 1 is 1.25 bits per heavy atom. The Balaban J connectivity index is 2.10. The zero-order valence-electron chi connectivity index (χ0n) is 11.8. The molecule has 3 nitrogen and oxygen atoms in total. The smallest absolute Gasteiger partial charge is 0.0957 e. The minimum absolute atomic E-state index is 0.474. The number of benzene rings is 1. The minimum atomic E-state index is -0.474. The van der Waals surface area contributed by atoms with Crippen LogP contribution in [0.2, 0.25) is 0 Å². The summed E-state index contributed by atoms with van der Waals surface area (Å²) in [5.74, 6) is 0. The third kappa shape index (κ3) is 3.58.